The molecule has 25 heavy (non-hydrogen) atoms. The van der Waals surface area contributed by atoms with Gasteiger partial charge in [0.1, 0.15) is 18.1 Å². The third kappa shape index (κ3) is 4.83. The van der Waals surface area contributed by atoms with E-state index in [9.17, 15) is 17.6 Å². The van der Waals surface area contributed by atoms with Crippen molar-refractivity contribution in [2.24, 2.45) is 0 Å². The minimum Gasteiger partial charge on any atom is -0.495 e. The maximum atomic E-state index is 13.6. The molecule has 2 aromatic rings. The van der Waals surface area contributed by atoms with Crippen LogP contribution in [0.1, 0.15) is 0 Å². The molecule has 0 unspecified atom stereocenters. The summed E-state index contributed by atoms with van der Waals surface area (Å²) >= 11 is 6.01. The Morgan fingerprint density at radius 1 is 1.28 bits per heavy atom. The first-order chi connectivity index (χ1) is 11.7. The van der Waals surface area contributed by atoms with Crippen LogP contribution in [-0.2, 0) is 14.8 Å². The molecule has 0 saturated carbocycles. The number of para-hydroxylation sites is 1. The number of carbonyl (C=O) groups is 1. The Labute approximate surface area is 150 Å². The average molecular weight is 387 g/mol. The van der Waals surface area contributed by atoms with Crippen LogP contribution in [0.25, 0.3) is 0 Å². The number of nitrogens with one attached hydrogen (secondary N) is 1. The normalized spacial score (nSPS) is 11.0. The molecule has 0 heterocycles. The maximum absolute atomic E-state index is 13.6. The summed E-state index contributed by atoms with van der Waals surface area (Å²) in [4.78, 5) is 12.2. The van der Waals surface area contributed by atoms with Crippen molar-refractivity contribution in [1.29, 1.82) is 0 Å². The minimum atomic E-state index is -3.77. The first-order valence-corrected chi connectivity index (χ1v) is 9.30. The number of halogens is 2. The molecule has 2 aromatic carbocycles. The van der Waals surface area contributed by atoms with Crippen LogP contribution >= 0.6 is 11.6 Å². The highest BCUT2D eigenvalue weighted by Crippen LogP contribution is 2.30. The minimum absolute atomic E-state index is 0.0336. The average Bonchev–Trinajstić information content (AvgIpc) is 2.53. The summed E-state index contributed by atoms with van der Waals surface area (Å²) in [5, 5.41) is 2.54. The van der Waals surface area contributed by atoms with Gasteiger partial charge in [-0.25, -0.2) is 12.8 Å². The molecule has 0 saturated heterocycles. The second kappa shape index (κ2) is 7.71. The van der Waals surface area contributed by atoms with Crippen LogP contribution in [0.15, 0.2) is 42.5 Å². The van der Waals surface area contributed by atoms with Gasteiger partial charge in [-0.2, -0.15) is 0 Å². The highest BCUT2D eigenvalue weighted by Gasteiger charge is 2.22. The lowest BCUT2D eigenvalue weighted by molar-refractivity contribution is -0.114. The maximum Gasteiger partial charge on any atom is 0.245 e. The zero-order chi connectivity index (χ0) is 18.6. The van der Waals surface area contributed by atoms with Gasteiger partial charge < -0.3 is 10.1 Å². The molecule has 1 amide bonds. The standard InChI is InChI=1S/C16H16ClFN2O4S/c1-24-15-8-7-11(9-12(15)17)20(25(2,22)23)10-16(21)19-14-6-4-3-5-13(14)18/h3-9H,10H2,1-2H3,(H,19,21). The van der Waals surface area contributed by atoms with Crippen molar-refractivity contribution >= 4 is 38.9 Å². The van der Waals surface area contributed by atoms with E-state index >= 15 is 0 Å². The molecule has 0 spiro atoms. The lowest BCUT2D eigenvalue weighted by atomic mass is 10.3. The van der Waals surface area contributed by atoms with E-state index in [4.69, 9.17) is 16.3 Å². The molecule has 0 fully saturated rings. The number of carbonyl (C=O) groups excluding carboxylic acids is 1. The number of ether oxygens (including phenoxy) is 1. The Bertz CT molecular complexity index is 889. The van der Waals surface area contributed by atoms with Gasteiger partial charge in [-0.1, -0.05) is 23.7 Å². The van der Waals surface area contributed by atoms with Crippen LogP contribution in [0, 0.1) is 5.82 Å². The van der Waals surface area contributed by atoms with Crippen molar-refractivity contribution < 1.29 is 22.3 Å². The van der Waals surface area contributed by atoms with Gasteiger partial charge in [0.25, 0.3) is 0 Å². The Balaban J connectivity index is 2.26. The fourth-order valence-corrected chi connectivity index (χ4v) is 3.19. The summed E-state index contributed by atoms with van der Waals surface area (Å²) in [5.41, 5.74) is 0.158. The monoisotopic (exact) mass is 386 g/mol. The first-order valence-electron chi connectivity index (χ1n) is 7.08. The molecular weight excluding hydrogens is 371 g/mol. The quantitative estimate of drug-likeness (QED) is 0.828. The van der Waals surface area contributed by atoms with Crippen LogP contribution in [0.5, 0.6) is 5.75 Å². The number of amides is 1. The molecular formula is C16H16ClFN2O4S. The number of benzene rings is 2. The lowest BCUT2D eigenvalue weighted by Crippen LogP contribution is -2.37. The van der Waals surface area contributed by atoms with Gasteiger partial charge in [0.2, 0.25) is 15.9 Å². The number of sulfonamides is 1. The third-order valence-corrected chi connectivity index (χ3v) is 4.69. The van der Waals surface area contributed by atoms with E-state index in [1.54, 1.807) is 6.07 Å². The Kier molecular flexibility index (Phi) is 5.86. The van der Waals surface area contributed by atoms with Crippen molar-refractivity contribution in [1.82, 2.24) is 0 Å². The number of hydrogen-bond acceptors (Lipinski definition) is 4. The summed E-state index contributed by atoms with van der Waals surface area (Å²) in [7, 11) is -2.34. The molecule has 1 N–H and O–H groups in total. The van der Waals surface area contributed by atoms with Crippen LogP contribution in [0.3, 0.4) is 0 Å². The topological polar surface area (TPSA) is 75.7 Å². The molecule has 0 aromatic heterocycles. The van der Waals surface area contributed by atoms with Gasteiger partial charge >= 0.3 is 0 Å². The van der Waals surface area contributed by atoms with Crippen LogP contribution < -0.4 is 14.4 Å². The Hall–Kier alpha value is -2.32. The molecule has 0 bridgehead atoms. The van der Waals surface area contributed by atoms with Gasteiger partial charge in [0.05, 0.1) is 29.8 Å². The predicted octanol–water partition coefficient (Wildman–Crippen LogP) is 2.89. The van der Waals surface area contributed by atoms with Crippen molar-refractivity contribution in [3.8, 4) is 5.75 Å². The van der Waals surface area contributed by atoms with Crippen molar-refractivity contribution in [3.05, 3.63) is 53.3 Å². The third-order valence-electron chi connectivity index (χ3n) is 3.26. The van der Waals surface area contributed by atoms with Crippen LogP contribution in [0.4, 0.5) is 15.8 Å². The highest BCUT2D eigenvalue weighted by atomic mass is 35.5. The number of anilines is 2. The van der Waals surface area contributed by atoms with Crippen molar-refractivity contribution in [2.75, 3.05) is 29.5 Å². The fraction of sp³-hybridized carbons (Fsp3) is 0.188. The van der Waals surface area contributed by atoms with E-state index in [-0.39, 0.29) is 16.4 Å². The smallest absolute Gasteiger partial charge is 0.245 e. The highest BCUT2D eigenvalue weighted by molar-refractivity contribution is 7.92. The van der Waals surface area contributed by atoms with E-state index in [0.717, 1.165) is 10.6 Å². The number of hydrogen-bond donors (Lipinski definition) is 1. The van der Waals surface area contributed by atoms with E-state index in [2.05, 4.69) is 5.32 Å². The van der Waals surface area contributed by atoms with Crippen molar-refractivity contribution in [2.45, 2.75) is 0 Å². The lowest BCUT2D eigenvalue weighted by Gasteiger charge is -2.22. The molecule has 0 aliphatic carbocycles. The number of nitrogens with zero attached hydrogens (tertiary/aromatic N) is 1. The zero-order valence-electron chi connectivity index (χ0n) is 13.5. The van der Waals surface area contributed by atoms with Crippen molar-refractivity contribution in [3.63, 3.8) is 0 Å². The summed E-state index contributed by atoms with van der Waals surface area (Å²) in [6, 6.07) is 9.92. The first kappa shape index (κ1) is 19.0. The molecule has 0 atom stereocenters. The molecule has 2 rings (SSSR count). The van der Waals surface area contributed by atoms with Gasteiger partial charge in [-0.05, 0) is 30.3 Å². The van der Waals surface area contributed by atoms with E-state index < -0.39 is 28.3 Å². The van der Waals surface area contributed by atoms with Crippen LogP contribution in [-0.4, -0.2) is 34.2 Å². The molecule has 9 heteroatoms. The zero-order valence-corrected chi connectivity index (χ0v) is 15.1. The SMILES string of the molecule is COc1ccc(N(CC(=O)Nc2ccccc2F)S(C)(=O)=O)cc1Cl. The molecule has 0 radical (unpaired) electrons. The molecule has 6 nitrogen and oxygen atoms in total. The molecule has 134 valence electrons. The second-order valence-corrected chi connectivity index (χ2v) is 7.43. The van der Waals surface area contributed by atoms with Gasteiger partial charge in [-0.3, -0.25) is 9.10 Å². The van der Waals surface area contributed by atoms with E-state index in [1.165, 1.54) is 43.5 Å². The van der Waals surface area contributed by atoms with Gasteiger partial charge in [-0.15, -0.1) is 0 Å². The number of rotatable bonds is 6. The van der Waals surface area contributed by atoms with Gasteiger partial charge in [0.15, 0.2) is 0 Å². The second-order valence-electron chi connectivity index (χ2n) is 5.12. The van der Waals surface area contributed by atoms with Gasteiger partial charge in [0, 0.05) is 0 Å². The molecule has 0 aliphatic heterocycles. The van der Waals surface area contributed by atoms with E-state index in [1.807, 2.05) is 0 Å². The largest absolute Gasteiger partial charge is 0.495 e. The summed E-state index contributed by atoms with van der Waals surface area (Å²) in [6.07, 6.45) is 0.960. The summed E-state index contributed by atoms with van der Waals surface area (Å²) < 4.78 is 43.6. The van der Waals surface area contributed by atoms with Crippen LogP contribution in [0.2, 0.25) is 5.02 Å². The fourth-order valence-electron chi connectivity index (χ4n) is 2.09. The summed E-state index contributed by atoms with van der Waals surface area (Å²) in [5.74, 6) is -0.939. The van der Waals surface area contributed by atoms with E-state index in [0.29, 0.717) is 5.75 Å². The summed E-state index contributed by atoms with van der Waals surface area (Å²) in [6.45, 7) is -0.532. The number of methoxy groups -OCH3 is 1. The predicted molar refractivity (Wildman–Crippen MR) is 95.2 cm³/mol. The Morgan fingerprint density at radius 3 is 2.52 bits per heavy atom. The Morgan fingerprint density at radius 2 is 1.96 bits per heavy atom. The molecule has 0 aliphatic rings.